The van der Waals surface area contributed by atoms with E-state index < -0.39 is 35.3 Å². The first kappa shape index (κ1) is 37.1. The van der Waals surface area contributed by atoms with E-state index >= 15 is 0 Å². The summed E-state index contributed by atoms with van der Waals surface area (Å²) in [5.74, 6) is -1.26. The largest absolute Gasteiger partial charge is 0.384 e. The second-order valence-electron chi connectivity index (χ2n) is 15.2. The molecule has 1 aliphatic carbocycles. The van der Waals surface area contributed by atoms with E-state index in [-0.39, 0.29) is 36.1 Å². The average Bonchev–Trinajstić information content (AvgIpc) is 3.80. The fraction of sp³-hybridized carbons (Fsp3) is 0.333. The van der Waals surface area contributed by atoms with Crippen LogP contribution in [0.25, 0.3) is 16.9 Å². The highest BCUT2D eigenvalue weighted by Gasteiger charge is 2.45. The van der Waals surface area contributed by atoms with Gasteiger partial charge < -0.3 is 15.3 Å². The normalized spacial score (nSPS) is 20.8. The number of nitrogens with zero attached hydrogens (tertiary/aromatic N) is 8. The molecule has 1 unspecified atom stereocenters. The van der Waals surface area contributed by atoms with Crippen molar-refractivity contribution in [2.45, 2.75) is 63.8 Å². The number of fused-ring (bicyclic) bond motifs is 3. The van der Waals surface area contributed by atoms with Gasteiger partial charge in [0.1, 0.15) is 17.0 Å². The van der Waals surface area contributed by atoms with E-state index in [4.69, 9.17) is 9.97 Å². The van der Waals surface area contributed by atoms with Crippen LogP contribution < -0.4 is 21.1 Å². The summed E-state index contributed by atoms with van der Waals surface area (Å²) in [7, 11) is 0. The summed E-state index contributed by atoms with van der Waals surface area (Å²) in [6, 6.07) is 16.1. The molecule has 58 heavy (non-hydrogen) atoms. The summed E-state index contributed by atoms with van der Waals surface area (Å²) >= 11 is 0. The third kappa shape index (κ3) is 6.34. The Bertz CT molecular complexity index is 2590. The molecule has 9 rings (SSSR count). The molecular formula is C42H42N10O6. The van der Waals surface area contributed by atoms with Crippen molar-refractivity contribution in [2.24, 2.45) is 0 Å². The van der Waals surface area contributed by atoms with Crippen LogP contribution in [0.3, 0.4) is 0 Å². The van der Waals surface area contributed by atoms with Gasteiger partial charge in [-0.05, 0) is 73.2 Å². The predicted molar refractivity (Wildman–Crippen MR) is 214 cm³/mol. The highest BCUT2D eigenvalue weighted by Crippen LogP contribution is 2.38. The zero-order valence-electron chi connectivity index (χ0n) is 32.0. The van der Waals surface area contributed by atoms with E-state index in [9.17, 15) is 29.1 Å². The number of anilines is 3. The summed E-state index contributed by atoms with van der Waals surface area (Å²) in [6.45, 7) is 9.75. The Balaban J connectivity index is 0.856. The number of hydrogen-bond acceptors (Lipinski definition) is 12. The van der Waals surface area contributed by atoms with Crippen LogP contribution in [0.2, 0.25) is 0 Å². The number of carbonyl (C=O) groups excluding carboxylic acids is 4. The first-order valence-corrected chi connectivity index (χ1v) is 19.6. The van der Waals surface area contributed by atoms with Gasteiger partial charge in [0.2, 0.25) is 17.8 Å². The molecule has 4 aliphatic rings. The number of benzene rings is 2. The number of carbonyl (C=O) groups is 4. The van der Waals surface area contributed by atoms with Gasteiger partial charge in [0.25, 0.3) is 17.4 Å². The number of nitrogens with one attached hydrogen (secondary N) is 2. The number of aliphatic hydroxyl groups is 1. The van der Waals surface area contributed by atoms with Gasteiger partial charge >= 0.3 is 0 Å². The molecule has 2 fully saturated rings. The van der Waals surface area contributed by atoms with Crippen molar-refractivity contribution in [1.29, 1.82) is 0 Å². The molecule has 4 amide bonds. The van der Waals surface area contributed by atoms with Crippen LogP contribution in [0.4, 0.5) is 17.3 Å². The lowest BCUT2D eigenvalue weighted by molar-refractivity contribution is -0.136. The Hall–Kier alpha value is -6.52. The van der Waals surface area contributed by atoms with Crippen LogP contribution in [-0.4, -0.2) is 95.1 Å². The zero-order chi connectivity index (χ0) is 40.3. The molecule has 0 radical (unpaired) electrons. The van der Waals surface area contributed by atoms with Crippen LogP contribution in [0.5, 0.6) is 0 Å². The first-order chi connectivity index (χ1) is 28.0. The number of aromatic nitrogens is 5. The lowest BCUT2D eigenvalue weighted by Gasteiger charge is -2.36. The summed E-state index contributed by atoms with van der Waals surface area (Å²) in [5.41, 5.74) is 4.02. The number of amides is 4. The van der Waals surface area contributed by atoms with E-state index in [0.717, 1.165) is 66.5 Å². The molecular weight excluding hydrogens is 741 g/mol. The molecule has 0 spiro atoms. The zero-order valence-corrected chi connectivity index (χ0v) is 32.0. The Morgan fingerprint density at radius 1 is 0.948 bits per heavy atom. The van der Waals surface area contributed by atoms with E-state index in [1.807, 2.05) is 49.4 Å². The maximum atomic E-state index is 13.5. The monoisotopic (exact) mass is 782 g/mol. The Labute approximate surface area is 332 Å². The molecule has 16 heteroatoms. The predicted octanol–water partition coefficient (Wildman–Crippen LogP) is 3.17. The van der Waals surface area contributed by atoms with Gasteiger partial charge in [-0.2, -0.15) is 4.98 Å². The second kappa shape index (κ2) is 14.5. The molecule has 3 aliphatic heterocycles. The third-order valence-corrected chi connectivity index (χ3v) is 11.8. The van der Waals surface area contributed by atoms with Crippen molar-refractivity contribution in [1.82, 2.24) is 39.4 Å². The molecule has 0 bridgehead atoms. The van der Waals surface area contributed by atoms with Crippen LogP contribution >= 0.6 is 0 Å². The van der Waals surface area contributed by atoms with Crippen molar-refractivity contribution in [3.63, 3.8) is 0 Å². The van der Waals surface area contributed by atoms with Crippen LogP contribution in [0.1, 0.15) is 70.1 Å². The number of rotatable bonds is 10. The first-order valence-electron chi connectivity index (χ1n) is 19.6. The lowest BCUT2D eigenvalue weighted by Crippen LogP contribution is -2.54. The van der Waals surface area contributed by atoms with Crippen molar-refractivity contribution in [3.8, 4) is 5.82 Å². The molecule has 3 aromatic heterocycles. The molecule has 6 heterocycles. The molecule has 2 atom stereocenters. The third-order valence-electron chi connectivity index (χ3n) is 11.8. The molecule has 2 saturated heterocycles. The van der Waals surface area contributed by atoms with Gasteiger partial charge in [-0.15, -0.1) is 6.58 Å². The summed E-state index contributed by atoms with van der Waals surface area (Å²) in [4.78, 5) is 83.7. The fourth-order valence-electron chi connectivity index (χ4n) is 8.51. The highest BCUT2D eigenvalue weighted by molar-refractivity contribution is 6.23. The number of piperazine rings is 1. The summed E-state index contributed by atoms with van der Waals surface area (Å²) in [6.07, 6.45) is 5.24. The molecule has 296 valence electrons. The maximum absolute atomic E-state index is 13.5. The minimum absolute atomic E-state index is 0.0753. The van der Waals surface area contributed by atoms with Gasteiger partial charge in [-0.3, -0.25) is 39.1 Å². The standard InChI is InChI=1S/C42H42N10O6/c1-3-17-50-38(55)31-23-43-41(47-36(31)52(50)33-13-7-26-15-16-42(58,4-2)35(26)45-33)44-27-8-5-25(6-9-27)24-48-18-20-49(21-19-48)28-10-11-29-30(22-28)40(57)51(39(29)56)32-12-14-34(53)46-37(32)54/h3,5-11,13,22-23,32,58H,1,4,12,14-21,24H2,2H3,(H,43,44,47)(H,46,53,54)/t32?,42-/m1/s1. The Morgan fingerprint density at radius 2 is 1.72 bits per heavy atom. The van der Waals surface area contributed by atoms with Crippen LogP contribution in [0, 0.1) is 0 Å². The molecule has 16 nitrogen and oxygen atoms in total. The molecule has 2 aromatic carbocycles. The van der Waals surface area contributed by atoms with Gasteiger partial charge in [0.05, 0.1) is 23.4 Å². The number of allylic oxidation sites excluding steroid dienone is 1. The minimum atomic E-state index is -1.01. The number of pyridine rings is 1. The number of piperidine rings is 1. The maximum Gasteiger partial charge on any atom is 0.278 e. The number of hydrogen-bond donors (Lipinski definition) is 3. The van der Waals surface area contributed by atoms with E-state index in [2.05, 4.69) is 32.0 Å². The van der Waals surface area contributed by atoms with E-state index in [1.54, 1.807) is 22.9 Å². The summed E-state index contributed by atoms with van der Waals surface area (Å²) in [5, 5.41) is 17.1. The van der Waals surface area contributed by atoms with Crippen LogP contribution in [0.15, 0.2) is 78.2 Å². The second-order valence-corrected chi connectivity index (χ2v) is 15.2. The summed E-state index contributed by atoms with van der Waals surface area (Å²) < 4.78 is 3.19. The fourth-order valence-corrected chi connectivity index (χ4v) is 8.51. The minimum Gasteiger partial charge on any atom is -0.384 e. The topological polar surface area (TPSA) is 188 Å². The molecule has 0 saturated carbocycles. The molecule has 5 aromatic rings. The average molecular weight is 783 g/mol. The van der Waals surface area contributed by atoms with Gasteiger partial charge in [0, 0.05) is 56.7 Å². The van der Waals surface area contributed by atoms with E-state index in [1.165, 1.54) is 10.9 Å². The van der Waals surface area contributed by atoms with Gasteiger partial charge in [-0.25, -0.2) is 19.3 Å². The highest BCUT2D eigenvalue weighted by atomic mass is 16.3. The number of imide groups is 2. The van der Waals surface area contributed by atoms with Gasteiger partial charge in [0.15, 0.2) is 11.5 Å². The Morgan fingerprint density at radius 3 is 2.47 bits per heavy atom. The number of aryl methyl sites for hydroxylation is 1. The quantitative estimate of drug-likeness (QED) is 0.139. The molecule has 3 N–H and O–H groups in total. The van der Waals surface area contributed by atoms with Crippen molar-refractivity contribution < 1.29 is 24.3 Å². The van der Waals surface area contributed by atoms with Crippen LogP contribution in [-0.2, 0) is 34.7 Å². The lowest BCUT2D eigenvalue weighted by atomic mass is 9.98. The van der Waals surface area contributed by atoms with Crippen molar-refractivity contribution in [3.05, 3.63) is 112 Å². The van der Waals surface area contributed by atoms with Crippen molar-refractivity contribution >= 4 is 52.0 Å². The van der Waals surface area contributed by atoms with Crippen molar-refractivity contribution in [2.75, 3.05) is 36.4 Å². The SMILES string of the molecule is C=CCn1c(=O)c2cnc(Nc3ccc(CN4CCN(c5ccc6c(c5)C(=O)N(C5CCC(=O)NC5=O)C6=O)CC4)cc3)nc2n1-c1ccc2c(n1)[C@@](O)(CC)CC2. The smallest absolute Gasteiger partial charge is 0.278 e. The van der Waals surface area contributed by atoms with E-state index in [0.29, 0.717) is 41.3 Å². The van der Waals surface area contributed by atoms with Gasteiger partial charge in [-0.1, -0.05) is 31.2 Å². The Kier molecular flexibility index (Phi) is 9.24.